The number of fused-ring (bicyclic) bond motifs is 3. The van der Waals surface area contributed by atoms with Gasteiger partial charge in [0.2, 0.25) is 0 Å². The van der Waals surface area contributed by atoms with Crippen molar-refractivity contribution in [3.63, 3.8) is 0 Å². The van der Waals surface area contributed by atoms with E-state index in [0.717, 1.165) is 29.3 Å². The van der Waals surface area contributed by atoms with Gasteiger partial charge in [-0.25, -0.2) is 4.98 Å². The summed E-state index contributed by atoms with van der Waals surface area (Å²) in [5.41, 5.74) is 2.81. The molecule has 0 amide bonds. The fraction of sp³-hybridized carbons (Fsp3) is 0.368. The number of hydrogen-bond acceptors (Lipinski definition) is 5. The predicted octanol–water partition coefficient (Wildman–Crippen LogP) is 2.82. The van der Waals surface area contributed by atoms with Crippen molar-refractivity contribution >= 4 is 27.9 Å². The third-order valence-electron chi connectivity index (χ3n) is 4.85. The van der Waals surface area contributed by atoms with Gasteiger partial charge in [-0.15, -0.1) is 0 Å². The molecule has 7 heteroatoms. The van der Waals surface area contributed by atoms with Gasteiger partial charge in [0.25, 0.3) is 0 Å². The molecular weight excluding hydrogens is 332 g/mol. The third-order valence-corrected chi connectivity index (χ3v) is 4.85. The maximum Gasteiger partial charge on any atom is 0.311 e. The molecule has 2 aromatic heterocycles. The van der Waals surface area contributed by atoms with E-state index in [1.807, 2.05) is 17.6 Å². The van der Waals surface area contributed by atoms with Gasteiger partial charge in [0.15, 0.2) is 0 Å². The van der Waals surface area contributed by atoms with Crippen LogP contribution in [0.1, 0.15) is 37.2 Å². The smallest absolute Gasteiger partial charge is 0.311 e. The number of nitriles is 1. The fourth-order valence-electron chi connectivity index (χ4n) is 3.76. The lowest BCUT2D eigenvalue weighted by Crippen LogP contribution is -2.27. The molecule has 1 fully saturated rings. The zero-order valence-electron chi connectivity index (χ0n) is 14.3. The number of aromatic nitrogens is 3. The van der Waals surface area contributed by atoms with Crippen LogP contribution in [-0.2, 0) is 16.0 Å². The van der Waals surface area contributed by atoms with Crippen LogP contribution in [0, 0.1) is 11.3 Å². The second-order valence-electron chi connectivity index (χ2n) is 6.66. The third kappa shape index (κ3) is 2.78. The highest BCUT2D eigenvalue weighted by molar-refractivity contribution is 6.03. The van der Waals surface area contributed by atoms with Crippen molar-refractivity contribution in [2.24, 2.45) is 0 Å². The van der Waals surface area contributed by atoms with Gasteiger partial charge in [-0.05, 0) is 38.0 Å². The Morgan fingerprint density at radius 2 is 2.31 bits per heavy atom. The Hall–Kier alpha value is -2.98. The first-order valence-electron chi connectivity index (χ1n) is 8.60. The van der Waals surface area contributed by atoms with E-state index >= 15 is 0 Å². The van der Waals surface area contributed by atoms with E-state index < -0.39 is 5.97 Å². The normalized spacial score (nSPS) is 20.3. The molecule has 1 saturated heterocycles. The molecule has 0 aliphatic carbocycles. The van der Waals surface area contributed by atoms with Crippen molar-refractivity contribution in [2.45, 2.75) is 38.3 Å². The summed E-state index contributed by atoms with van der Waals surface area (Å²) in [5.74, 6) is -0.403. The van der Waals surface area contributed by atoms with Crippen LogP contribution < -0.4 is 0 Å². The van der Waals surface area contributed by atoms with Gasteiger partial charge in [-0.1, -0.05) is 0 Å². The van der Waals surface area contributed by atoms with Gasteiger partial charge in [-0.2, -0.15) is 5.26 Å². The Labute approximate surface area is 149 Å². The Morgan fingerprint density at radius 3 is 3.04 bits per heavy atom. The quantitative estimate of drug-likeness (QED) is 0.779. The second kappa shape index (κ2) is 6.39. The number of imidazole rings is 1. The molecule has 7 nitrogen and oxygen atoms in total. The van der Waals surface area contributed by atoms with Gasteiger partial charge in [0.05, 0.1) is 35.0 Å². The minimum absolute atomic E-state index is 0.103. The van der Waals surface area contributed by atoms with Crippen molar-refractivity contribution < 1.29 is 14.6 Å². The monoisotopic (exact) mass is 350 g/mol. The number of carbonyl (C=O) groups is 1. The molecule has 0 bridgehead atoms. The number of ether oxygens (including phenoxy) is 1. The predicted molar refractivity (Wildman–Crippen MR) is 94.8 cm³/mol. The number of rotatable bonds is 3. The van der Waals surface area contributed by atoms with Crippen molar-refractivity contribution in [3.05, 3.63) is 35.8 Å². The van der Waals surface area contributed by atoms with E-state index in [1.165, 1.54) is 0 Å². The highest BCUT2D eigenvalue weighted by atomic mass is 16.5. The highest BCUT2D eigenvalue weighted by Crippen LogP contribution is 2.33. The first-order chi connectivity index (χ1) is 12.6. The minimum atomic E-state index is -0.920. The van der Waals surface area contributed by atoms with Crippen LogP contribution in [0.25, 0.3) is 21.9 Å². The molecule has 3 heterocycles. The van der Waals surface area contributed by atoms with Crippen LogP contribution in [0.4, 0.5) is 0 Å². The van der Waals surface area contributed by atoms with E-state index in [0.29, 0.717) is 23.5 Å². The fourth-order valence-corrected chi connectivity index (χ4v) is 3.76. The summed E-state index contributed by atoms with van der Waals surface area (Å²) in [6.45, 7) is 2.65. The molecule has 2 atom stereocenters. The van der Waals surface area contributed by atoms with Gasteiger partial charge >= 0.3 is 5.97 Å². The maximum atomic E-state index is 11.4. The van der Waals surface area contributed by atoms with Crippen molar-refractivity contribution in [1.29, 1.82) is 5.26 Å². The Bertz CT molecular complexity index is 1050. The van der Waals surface area contributed by atoms with E-state index in [1.54, 1.807) is 18.3 Å². The number of carboxylic acids is 1. The van der Waals surface area contributed by atoms with E-state index in [-0.39, 0.29) is 18.6 Å². The SMILES string of the molecule is C[C@@H]1CC(n2c(CC(=O)O)nc3cnc4ccc(C#N)cc4c32)CCO1. The lowest BCUT2D eigenvalue weighted by molar-refractivity contribution is -0.136. The molecular formula is C19H18N4O3. The average molecular weight is 350 g/mol. The van der Waals surface area contributed by atoms with Crippen LogP contribution in [0.5, 0.6) is 0 Å². The highest BCUT2D eigenvalue weighted by Gasteiger charge is 2.27. The molecule has 0 saturated carbocycles. The maximum absolute atomic E-state index is 11.4. The van der Waals surface area contributed by atoms with Crippen molar-refractivity contribution in [3.8, 4) is 6.07 Å². The molecule has 132 valence electrons. The molecule has 1 aliphatic heterocycles. The molecule has 1 N–H and O–H groups in total. The largest absolute Gasteiger partial charge is 0.481 e. The molecule has 0 radical (unpaired) electrons. The molecule has 3 aromatic rings. The van der Waals surface area contributed by atoms with Crippen LogP contribution in [0.2, 0.25) is 0 Å². The second-order valence-corrected chi connectivity index (χ2v) is 6.66. The van der Waals surface area contributed by atoms with Gasteiger partial charge in [0.1, 0.15) is 17.8 Å². The van der Waals surface area contributed by atoms with Gasteiger partial charge in [0, 0.05) is 18.0 Å². The van der Waals surface area contributed by atoms with Crippen molar-refractivity contribution in [1.82, 2.24) is 14.5 Å². The summed E-state index contributed by atoms with van der Waals surface area (Å²) >= 11 is 0. The standard InChI is InChI=1S/C19H18N4O3/c1-11-6-13(4-5-26-11)23-17(8-18(24)25)22-16-10-21-15-3-2-12(9-20)7-14(15)19(16)23/h2-3,7,10-11,13H,4-6,8H2,1H3,(H,24,25)/t11-,13?/m1/s1. The first kappa shape index (κ1) is 16.5. The Balaban J connectivity index is 2.01. The summed E-state index contributed by atoms with van der Waals surface area (Å²) in [6, 6.07) is 7.61. The zero-order valence-corrected chi connectivity index (χ0v) is 14.3. The summed E-state index contributed by atoms with van der Waals surface area (Å²) in [6.07, 6.45) is 3.21. The number of benzene rings is 1. The molecule has 1 aliphatic rings. The first-order valence-corrected chi connectivity index (χ1v) is 8.60. The van der Waals surface area contributed by atoms with Crippen LogP contribution in [-0.4, -0.2) is 38.3 Å². The molecule has 0 spiro atoms. The lowest BCUT2D eigenvalue weighted by atomic mass is 10.0. The molecule has 1 aromatic carbocycles. The Morgan fingerprint density at radius 1 is 1.46 bits per heavy atom. The lowest BCUT2D eigenvalue weighted by Gasteiger charge is -2.30. The van der Waals surface area contributed by atoms with Gasteiger partial charge < -0.3 is 14.4 Å². The van der Waals surface area contributed by atoms with E-state index in [2.05, 4.69) is 16.0 Å². The van der Waals surface area contributed by atoms with Crippen molar-refractivity contribution in [2.75, 3.05) is 6.61 Å². The van der Waals surface area contributed by atoms with Crippen LogP contribution in [0.15, 0.2) is 24.4 Å². The molecule has 26 heavy (non-hydrogen) atoms. The van der Waals surface area contributed by atoms with Crippen LogP contribution in [0.3, 0.4) is 0 Å². The summed E-state index contributed by atoms with van der Waals surface area (Å²) in [4.78, 5) is 20.3. The minimum Gasteiger partial charge on any atom is -0.481 e. The van der Waals surface area contributed by atoms with Crippen LogP contribution >= 0.6 is 0 Å². The van der Waals surface area contributed by atoms with Gasteiger partial charge in [-0.3, -0.25) is 9.78 Å². The van der Waals surface area contributed by atoms with E-state index in [9.17, 15) is 15.2 Å². The summed E-state index contributed by atoms with van der Waals surface area (Å²) < 4.78 is 7.69. The number of aliphatic carboxylic acids is 1. The Kier molecular flexibility index (Phi) is 4.05. The summed E-state index contributed by atoms with van der Waals surface area (Å²) in [5, 5.41) is 19.4. The molecule has 1 unspecified atom stereocenters. The topological polar surface area (TPSA) is 101 Å². The number of hydrogen-bond donors (Lipinski definition) is 1. The molecule has 4 rings (SSSR count). The number of nitrogens with zero attached hydrogens (tertiary/aromatic N) is 4. The number of carboxylic acid groups (broad SMARTS) is 1. The summed E-state index contributed by atoms with van der Waals surface area (Å²) in [7, 11) is 0. The average Bonchev–Trinajstić information content (AvgIpc) is 2.98. The number of pyridine rings is 1. The van der Waals surface area contributed by atoms with E-state index in [4.69, 9.17) is 4.74 Å². The zero-order chi connectivity index (χ0) is 18.3.